The fourth-order valence-corrected chi connectivity index (χ4v) is 3.38. The highest BCUT2D eigenvalue weighted by atomic mass is 32.1. The SMILES string of the molecule is Cc1nc2ccc(OC(=S)N3CCN(c4ccccn4)CC3)cc2nc1C. The first-order chi connectivity index (χ1) is 13.1. The van der Waals surface area contributed by atoms with E-state index in [-0.39, 0.29) is 0 Å². The highest BCUT2D eigenvalue weighted by Crippen LogP contribution is 2.21. The number of rotatable bonds is 2. The Bertz CT molecular complexity index is 971. The minimum Gasteiger partial charge on any atom is -0.432 e. The topological polar surface area (TPSA) is 54.4 Å². The third-order valence-electron chi connectivity index (χ3n) is 4.76. The van der Waals surface area contributed by atoms with E-state index in [1.54, 1.807) is 0 Å². The van der Waals surface area contributed by atoms with Crippen LogP contribution in [0.25, 0.3) is 11.0 Å². The molecule has 0 N–H and O–H groups in total. The third kappa shape index (κ3) is 3.83. The fourth-order valence-electron chi connectivity index (χ4n) is 3.10. The summed E-state index contributed by atoms with van der Waals surface area (Å²) >= 11 is 5.51. The number of anilines is 1. The molecule has 2 aromatic heterocycles. The molecule has 0 spiro atoms. The summed E-state index contributed by atoms with van der Waals surface area (Å²) in [5.74, 6) is 1.69. The molecule has 4 rings (SSSR count). The van der Waals surface area contributed by atoms with E-state index < -0.39 is 0 Å². The lowest BCUT2D eigenvalue weighted by atomic mass is 10.2. The Labute approximate surface area is 163 Å². The van der Waals surface area contributed by atoms with Gasteiger partial charge in [0.05, 0.1) is 22.4 Å². The molecule has 0 bridgehead atoms. The molecule has 3 heterocycles. The van der Waals surface area contributed by atoms with Crippen molar-refractivity contribution in [2.45, 2.75) is 13.8 Å². The summed E-state index contributed by atoms with van der Waals surface area (Å²) in [4.78, 5) is 17.9. The summed E-state index contributed by atoms with van der Waals surface area (Å²) < 4.78 is 5.93. The summed E-state index contributed by atoms with van der Waals surface area (Å²) in [7, 11) is 0. The molecule has 6 nitrogen and oxygen atoms in total. The van der Waals surface area contributed by atoms with Crippen molar-refractivity contribution in [1.29, 1.82) is 0 Å². The Kier molecular flexibility index (Phi) is 4.85. The molecule has 1 saturated heterocycles. The molecule has 0 unspecified atom stereocenters. The van der Waals surface area contributed by atoms with Crippen LogP contribution in [0.2, 0.25) is 0 Å². The van der Waals surface area contributed by atoms with Crippen LogP contribution in [-0.2, 0) is 0 Å². The van der Waals surface area contributed by atoms with Gasteiger partial charge < -0.3 is 14.5 Å². The predicted octanol–water partition coefficient (Wildman–Crippen LogP) is 3.13. The molecule has 7 heteroatoms. The molecular formula is C20H21N5OS. The van der Waals surface area contributed by atoms with Crippen molar-refractivity contribution in [3.8, 4) is 5.75 Å². The maximum atomic E-state index is 5.93. The van der Waals surface area contributed by atoms with Gasteiger partial charge >= 0.3 is 0 Å². The lowest BCUT2D eigenvalue weighted by Gasteiger charge is -2.36. The maximum Gasteiger partial charge on any atom is 0.264 e. The minimum atomic E-state index is 0.492. The molecule has 0 amide bonds. The molecule has 27 heavy (non-hydrogen) atoms. The van der Waals surface area contributed by atoms with Crippen molar-refractivity contribution in [1.82, 2.24) is 19.9 Å². The highest BCUT2D eigenvalue weighted by Gasteiger charge is 2.21. The van der Waals surface area contributed by atoms with E-state index in [9.17, 15) is 0 Å². The van der Waals surface area contributed by atoms with Crippen LogP contribution in [0.1, 0.15) is 11.4 Å². The zero-order chi connectivity index (χ0) is 18.8. The van der Waals surface area contributed by atoms with Crippen molar-refractivity contribution >= 4 is 34.2 Å². The predicted molar refractivity (Wildman–Crippen MR) is 110 cm³/mol. The third-order valence-corrected chi connectivity index (χ3v) is 5.10. The van der Waals surface area contributed by atoms with Gasteiger partial charge in [0.2, 0.25) is 0 Å². The smallest absolute Gasteiger partial charge is 0.264 e. The van der Waals surface area contributed by atoms with Gasteiger partial charge in [0.25, 0.3) is 5.17 Å². The van der Waals surface area contributed by atoms with Gasteiger partial charge in [0, 0.05) is 38.4 Å². The van der Waals surface area contributed by atoms with Crippen LogP contribution in [-0.4, -0.2) is 51.2 Å². The summed E-state index contributed by atoms with van der Waals surface area (Å²) in [5.41, 5.74) is 3.55. The Balaban J connectivity index is 1.41. The Morgan fingerprint density at radius 2 is 1.70 bits per heavy atom. The number of aryl methyl sites for hydroxylation is 2. The molecule has 0 saturated carbocycles. The number of piperazine rings is 1. The summed E-state index contributed by atoms with van der Waals surface area (Å²) in [6, 6.07) is 11.7. The number of ether oxygens (including phenoxy) is 1. The number of nitrogens with zero attached hydrogens (tertiary/aromatic N) is 5. The van der Waals surface area contributed by atoms with Crippen LogP contribution in [0, 0.1) is 13.8 Å². The largest absolute Gasteiger partial charge is 0.432 e. The van der Waals surface area contributed by atoms with Crippen LogP contribution in [0.5, 0.6) is 5.75 Å². The zero-order valence-corrected chi connectivity index (χ0v) is 16.2. The van der Waals surface area contributed by atoms with Gasteiger partial charge in [0.15, 0.2) is 0 Å². The Morgan fingerprint density at radius 3 is 2.41 bits per heavy atom. The fraction of sp³-hybridized carbons (Fsp3) is 0.300. The number of fused-ring (bicyclic) bond motifs is 1. The van der Waals surface area contributed by atoms with E-state index >= 15 is 0 Å². The number of thiocarbonyl (C=S) groups is 1. The number of benzene rings is 1. The van der Waals surface area contributed by atoms with E-state index in [4.69, 9.17) is 17.0 Å². The van der Waals surface area contributed by atoms with Gasteiger partial charge in [-0.05, 0) is 50.3 Å². The first kappa shape index (κ1) is 17.6. The molecule has 0 aliphatic carbocycles. The molecule has 1 aliphatic rings. The van der Waals surface area contributed by atoms with Crippen LogP contribution in [0.15, 0.2) is 42.6 Å². The zero-order valence-electron chi connectivity index (χ0n) is 15.4. The van der Waals surface area contributed by atoms with Gasteiger partial charge in [-0.1, -0.05) is 6.07 Å². The monoisotopic (exact) mass is 379 g/mol. The quantitative estimate of drug-likeness (QED) is 0.634. The van der Waals surface area contributed by atoms with Gasteiger partial charge in [-0.15, -0.1) is 0 Å². The van der Waals surface area contributed by atoms with E-state index in [0.29, 0.717) is 10.9 Å². The minimum absolute atomic E-state index is 0.492. The van der Waals surface area contributed by atoms with Gasteiger partial charge in [-0.25, -0.2) is 15.0 Å². The average molecular weight is 379 g/mol. The summed E-state index contributed by atoms with van der Waals surface area (Å²) in [6.45, 7) is 7.26. The number of hydrogen-bond acceptors (Lipinski definition) is 6. The second kappa shape index (κ2) is 7.44. The van der Waals surface area contributed by atoms with Gasteiger partial charge in [-0.2, -0.15) is 0 Å². The molecule has 1 fully saturated rings. The van der Waals surface area contributed by atoms with Crippen molar-refractivity contribution in [2.75, 3.05) is 31.1 Å². The molecular weight excluding hydrogens is 358 g/mol. The van der Waals surface area contributed by atoms with Crippen molar-refractivity contribution in [3.05, 3.63) is 54.0 Å². The maximum absolute atomic E-state index is 5.93. The number of aromatic nitrogens is 3. The number of hydrogen-bond donors (Lipinski definition) is 0. The van der Waals surface area contributed by atoms with E-state index in [0.717, 1.165) is 54.4 Å². The van der Waals surface area contributed by atoms with Crippen LogP contribution >= 0.6 is 12.2 Å². The lowest BCUT2D eigenvalue weighted by molar-refractivity contribution is 0.331. The van der Waals surface area contributed by atoms with Crippen molar-refractivity contribution < 1.29 is 4.74 Å². The van der Waals surface area contributed by atoms with E-state index in [1.165, 1.54) is 0 Å². The van der Waals surface area contributed by atoms with E-state index in [1.807, 2.05) is 56.4 Å². The van der Waals surface area contributed by atoms with Crippen LogP contribution in [0.4, 0.5) is 5.82 Å². The van der Waals surface area contributed by atoms with E-state index in [2.05, 4.69) is 24.8 Å². The normalized spacial score (nSPS) is 14.4. The average Bonchev–Trinajstić information content (AvgIpc) is 2.70. The first-order valence-corrected chi connectivity index (χ1v) is 9.39. The second-order valence-corrected chi connectivity index (χ2v) is 6.92. The summed E-state index contributed by atoms with van der Waals surface area (Å²) in [6.07, 6.45) is 1.82. The molecule has 1 aliphatic heterocycles. The molecule has 1 aromatic carbocycles. The summed E-state index contributed by atoms with van der Waals surface area (Å²) in [5, 5.41) is 0.492. The van der Waals surface area contributed by atoms with Crippen LogP contribution < -0.4 is 9.64 Å². The second-order valence-electron chi connectivity index (χ2n) is 6.57. The highest BCUT2D eigenvalue weighted by molar-refractivity contribution is 7.80. The Morgan fingerprint density at radius 1 is 0.963 bits per heavy atom. The first-order valence-electron chi connectivity index (χ1n) is 8.98. The Hall–Kier alpha value is -2.80. The molecule has 138 valence electrons. The standard InChI is InChI=1S/C20H21N5OS/c1-14-15(2)23-18-13-16(6-7-17(18)22-14)26-20(27)25-11-9-24(10-12-25)19-5-3-4-8-21-19/h3-8,13H,9-12H2,1-2H3. The molecule has 3 aromatic rings. The number of pyridine rings is 1. The molecule has 0 radical (unpaired) electrons. The molecule has 0 atom stereocenters. The van der Waals surface area contributed by atoms with Crippen molar-refractivity contribution in [3.63, 3.8) is 0 Å². The van der Waals surface area contributed by atoms with Crippen LogP contribution in [0.3, 0.4) is 0 Å². The van der Waals surface area contributed by atoms with Crippen molar-refractivity contribution in [2.24, 2.45) is 0 Å². The van der Waals surface area contributed by atoms with Gasteiger partial charge in [0.1, 0.15) is 11.6 Å². The van der Waals surface area contributed by atoms with Gasteiger partial charge in [-0.3, -0.25) is 0 Å². The lowest BCUT2D eigenvalue weighted by Crippen LogP contribution is -2.49.